The van der Waals surface area contributed by atoms with Crippen LogP contribution in [0.1, 0.15) is 53.4 Å². The van der Waals surface area contributed by atoms with E-state index >= 15 is 0 Å². The Labute approximate surface area is 106 Å². The summed E-state index contributed by atoms with van der Waals surface area (Å²) in [5.41, 5.74) is 1.21. The van der Waals surface area contributed by atoms with Gasteiger partial charge in [0.1, 0.15) is 6.29 Å². The van der Waals surface area contributed by atoms with E-state index in [9.17, 15) is 4.79 Å². The second-order valence-electron chi connectivity index (χ2n) is 5.09. The molecule has 3 unspecified atom stereocenters. The summed E-state index contributed by atoms with van der Waals surface area (Å²) in [6.45, 7) is 9.30. The molecule has 3 atom stereocenters. The third-order valence-electron chi connectivity index (χ3n) is 4.37. The van der Waals surface area contributed by atoms with Crippen molar-refractivity contribution in [2.75, 3.05) is 6.54 Å². The summed E-state index contributed by atoms with van der Waals surface area (Å²) in [5, 5.41) is 3.58. The number of hydrogen-bond acceptors (Lipinski definition) is 2. The lowest BCUT2D eigenvalue weighted by Gasteiger charge is -2.53. The highest BCUT2D eigenvalue weighted by Gasteiger charge is 2.47. The van der Waals surface area contributed by atoms with Gasteiger partial charge < -0.3 is 5.32 Å². The Bertz CT molecular complexity index is 285. The molecule has 1 aliphatic heterocycles. The molecule has 0 amide bonds. The molecule has 1 N–H and O–H groups in total. The Kier molecular flexibility index (Phi) is 5.38. The van der Waals surface area contributed by atoms with Crippen LogP contribution in [0.5, 0.6) is 0 Å². The van der Waals surface area contributed by atoms with Gasteiger partial charge >= 0.3 is 0 Å². The SMILES string of the molecule is CC.CCC1(/C=C(/C)C=O)CCNC2CCC21. The summed E-state index contributed by atoms with van der Waals surface area (Å²) in [4.78, 5) is 10.8. The van der Waals surface area contributed by atoms with E-state index in [1.54, 1.807) is 0 Å². The highest BCUT2D eigenvalue weighted by Crippen LogP contribution is 2.50. The van der Waals surface area contributed by atoms with Gasteiger partial charge in [-0.2, -0.15) is 0 Å². The predicted octanol–water partition coefficient (Wildman–Crippen LogP) is 3.33. The molecule has 0 aromatic rings. The minimum atomic E-state index is 0.305. The summed E-state index contributed by atoms with van der Waals surface area (Å²) in [6.07, 6.45) is 8.25. The highest BCUT2D eigenvalue weighted by atomic mass is 16.1. The lowest BCUT2D eigenvalue weighted by Crippen LogP contribution is -2.57. The van der Waals surface area contributed by atoms with Gasteiger partial charge in [-0.3, -0.25) is 4.79 Å². The first kappa shape index (κ1) is 14.4. The number of nitrogens with one attached hydrogen (secondary N) is 1. The summed E-state index contributed by atoms with van der Waals surface area (Å²) in [7, 11) is 0. The fourth-order valence-corrected chi connectivity index (χ4v) is 3.32. The molecule has 2 rings (SSSR count). The number of carbonyl (C=O) groups is 1. The van der Waals surface area contributed by atoms with Gasteiger partial charge in [-0.05, 0) is 56.1 Å². The van der Waals surface area contributed by atoms with E-state index in [0.29, 0.717) is 5.41 Å². The van der Waals surface area contributed by atoms with E-state index < -0.39 is 0 Å². The first-order chi connectivity index (χ1) is 8.22. The average Bonchev–Trinajstić information content (AvgIpc) is 2.34. The second kappa shape index (κ2) is 6.34. The van der Waals surface area contributed by atoms with Gasteiger partial charge in [0.25, 0.3) is 0 Å². The smallest absolute Gasteiger partial charge is 0.145 e. The van der Waals surface area contributed by atoms with Crippen LogP contribution in [0.25, 0.3) is 0 Å². The summed E-state index contributed by atoms with van der Waals surface area (Å²) in [5.74, 6) is 0.770. The molecule has 2 fully saturated rings. The van der Waals surface area contributed by atoms with Crippen LogP contribution in [-0.2, 0) is 4.79 Å². The van der Waals surface area contributed by atoms with E-state index in [4.69, 9.17) is 0 Å². The van der Waals surface area contributed by atoms with Crippen molar-refractivity contribution in [1.82, 2.24) is 5.32 Å². The fraction of sp³-hybridized carbons (Fsp3) is 0.800. The number of piperidine rings is 1. The number of carbonyl (C=O) groups excluding carboxylic acids is 1. The molecule has 0 aromatic carbocycles. The van der Waals surface area contributed by atoms with Gasteiger partial charge in [0.15, 0.2) is 0 Å². The molecule has 2 heteroatoms. The lowest BCUT2D eigenvalue weighted by molar-refractivity contribution is -0.105. The van der Waals surface area contributed by atoms with Crippen molar-refractivity contribution in [1.29, 1.82) is 0 Å². The molecule has 98 valence electrons. The molecule has 0 spiro atoms. The zero-order valence-corrected chi connectivity index (χ0v) is 11.8. The third kappa shape index (κ3) is 2.79. The van der Waals surface area contributed by atoms with Gasteiger partial charge in [-0.15, -0.1) is 0 Å². The average molecular weight is 237 g/mol. The fourth-order valence-electron chi connectivity index (χ4n) is 3.32. The highest BCUT2D eigenvalue weighted by molar-refractivity contribution is 5.72. The maximum absolute atomic E-state index is 10.8. The van der Waals surface area contributed by atoms with Crippen LogP contribution in [0, 0.1) is 11.3 Å². The molecular weight excluding hydrogens is 210 g/mol. The molecule has 2 nitrogen and oxygen atoms in total. The van der Waals surface area contributed by atoms with Gasteiger partial charge in [0.05, 0.1) is 0 Å². The Balaban J connectivity index is 0.000000686. The third-order valence-corrected chi connectivity index (χ3v) is 4.37. The Morgan fingerprint density at radius 3 is 2.59 bits per heavy atom. The first-order valence-electron chi connectivity index (χ1n) is 7.10. The van der Waals surface area contributed by atoms with E-state index in [-0.39, 0.29) is 0 Å². The number of fused-ring (bicyclic) bond motifs is 1. The number of rotatable bonds is 3. The van der Waals surface area contributed by atoms with Crippen molar-refractivity contribution in [2.24, 2.45) is 11.3 Å². The molecule has 0 aromatic heterocycles. The van der Waals surface area contributed by atoms with E-state index in [2.05, 4.69) is 18.3 Å². The summed E-state index contributed by atoms with van der Waals surface area (Å²) >= 11 is 0. The van der Waals surface area contributed by atoms with Crippen LogP contribution in [0.3, 0.4) is 0 Å². The van der Waals surface area contributed by atoms with Crippen LogP contribution in [0.15, 0.2) is 11.6 Å². The van der Waals surface area contributed by atoms with Gasteiger partial charge in [0, 0.05) is 6.04 Å². The maximum Gasteiger partial charge on any atom is 0.145 e. The number of hydrogen-bond donors (Lipinski definition) is 1. The minimum Gasteiger partial charge on any atom is -0.314 e. The van der Waals surface area contributed by atoms with Crippen molar-refractivity contribution >= 4 is 6.29 Å². The van der Waals surface area contributed by atoms with Crippen LogP contribution in [-0.4, -0.2) is 18.9 Å². The zero-order valence-electron chi connectivity index (χ0n) is 11.8. The van der Waals surface area contributed by atoms with Gasteiger partial charge in [-0.25, -0.2) is 0 Å². The van der Waals surface area contributed by atoms with Crippen molar-refractivity contribution in [2.45, 2.75) is 59.4 Å². The van der Waals surface area contributed by atoms with Crippen molar-refractivity contribution in [3.8, 4) is 0 Å². The van der Waals surface area contributed by atoms with Crippen molar-refractivity contribution in [3.63, 3.8) is 0 Å². The van der Waals surface area contributed by atoms with Crippen LogP contribution < -0.4 is 5.32 Å². The van der Waals surface area contributed by atoms with Gasteiger partial charge in [-0.1, -0.05) is 26.8 Å². The molecule has 0 radical (unpaired) electrons. The minimum absolute atomic E-state index is 0.305. The number of aldehydes is 1. The first-order valence-corrected chi connectivity index (χ1v) is 7.10. The van der Waals surface area contributed by atoms with E-state index in [1.807, 2.05) is 20.8 Å². The second-order valence-corrected chi connectivity index (χ2v) is 5.09. The van der Waals surface area contributed by atoms with E-state index in [0.717, 1.165) is 30.4 Å². The molecule has 17 heavy (non-hydrogen) atoms. The maximum atomic E-state index is 10.8. The predicted molar refractivity (Wildman–Crippen MR) is 73.0 cm³/mol. The van der Waals surface area contributed by atoms with Crippen LogP contribution in [0.4, 0.5) is 0 Å². The molecule has 1 saturated heterocycles. The van der Waals surface area contributed by atoms with Crippen molar-refractivity contribution < 1.29 is 4.79 Å². The molecular formula is C15H27NO. The summed E-state index contributed by atoms with van der Waals surface area (Å²) in [6, 6.07) is 0.717. The topological polar surface area (TPSA) is 29.1 Å². The number of allylic oxidation sites excluding steroid dienone is 2. The molecule has 0 bridgehead atoms. The molecule has 1 aliphatic carbocycles. The normalized spacial score (nSPS) is 36.1. The Hall–Kier alpha value is -0.630. The standard InChI is InChI=1S/C13H21NO.C2H6/c1-3-13(8-10(2)9-15)6-7-14-12-5-4-11(12)13;1-2/h8-9,11-12,14H,3-7H2,1-2H3;1-2H3/b10-8-;. The molecule has 1 saturated carbocycles. The zero-order chi connectivity index (χ0) is 12.9. The van der Waals surface area contributed by atoms with Gasteiger partial charge in [0.2, 0.25) is 0 Å². The van der Waals surface area contributed by atoms with Crippen LogP contribution in [0.2, 0.25) is 0 Å². The Morgan fingerprint density at radius 2 is 2.12 bits per heavy atom. The largest absolute Gasteiger partial charge is 0.314 e. The molecule has 1 heterocycles. The van der Waals surface area contributed by atoms with Crippen molar-refractivity contribution in [3.05, 3.63) is 11.6 Å². The summed E-state index contributed by atoms with van der Waals surface area (Å²) < 4.78 is 0. The quantitative estimate of drug-likeness (QED) is 0.602. The van der Waals surface area contributed by atoms with Crippen LogP contribution >= 0.6 is 0 Å². The van der Waals surface area contributed by atoms with E-state index in [1.165, 1.54) is 25.7 Å². The molecule has 2 aliphatic rings. The Morgan fingerprint density at radius 1 is 1.41 bits per heavy atom. The lowest BCUT2D eigenvalue weighted by atomic mass is 9.57. The monoisotopic (exact) mass is 237 g/mol.